The minimum absolute atomic E-state index is 0.00360. The van der Waals surface area contributed by atoms with Crippen LogP contribution in [0.15, 0.2) is 42.5 Å². The molecule has 3 N–H and O–H groups in total. The largest absolute Gasteiger partial charge is 0.493 e. The first-order chi connectivity index (χ1) is 17.0. The summed E-state index contributed by atoms with van der Waals surface area (Å²) in [6.45, 7) is 0.575. The van der Waals surface area contributed by atoms with Crippen LogP contribution >= 0.6 is 11.6 Å². The molecule has 0 spiro atoms. The molecule has 35 heavy (non-hydrogen) atoms. The molecule has 2 aromatic carbocycles. The number of amides is 1. The third kappa shape index (κ3) is 5.13. The molecule has 1 fully saturated rings. The molecule has 0 unspecified atom stereocenters. The molecule has 7 nitrogen and oxygen atoms in total. The Kier molecular flexibility index (Phi) is 7.18. The van der Waals surface area contributed by atoms with Crippen LogP contribution in [-0.4, -0.2) is 58.2 Å². The maximum Gasteiger partial charge on any atom is 0.410 e. The molecule has 0 radical (unpaired) electrons. The second-order valence-electron chi connectivity index (χ2n) is 9.39. The van der Waals surface area contributed by atoms with Crippen LogP contribution in [0, 0.1) is 0 Å². The lowest BCUT2D eigenvalue weighted by molar-refractivity contribution is 0.0551. The molecule has 1 aromatic heterocycles. The molecule has 1 aliphatic heterocycles. The van der Waals surface area contributed by atoms with Crippen LogP contribution in [0.25, 0.3) is 10.9 Å². The number of ether oxygens (including phenoxy) is 2. The van der Waals surface area contributed by atoms with E-state index in [1.54, 1.807) is 0 Å². The van der Waals surface area contributed by atoms with E-state index in [1.807, 2.05) is 47.4 Å². The molecule has 2 atom stereocenters. The number of hydrogen-bond acceptors (Lipinski definition) is 5. The average Bonchev–Trinajstić information content (AvgIpc) is 3.51. The Morgan fingerprint density at radius 2 is 1.94 bits per heavy atom. The first-order valence-electron chi connectivity index (χ1n) is 12.3. The minimum atomic E-state index is -0.787. The summed E-state index contributed by atoms with van der Waals surface area (Å²) in [4.78, 5) is 18.7. The number of aliphatic hydroxyl groups is 2. The second kappa shape index (κ2) is 10.5. The highest BCUT2D eigenvalue weighted by atomic mass is 35.5. The van der Waals surface area contributed by atoms with Crippen molar-refractivity contribution in [1.29, 1.82) is 0 Å². The summed E-state index contributed by atoms with van der Waals surface area (Å²) in [5, 5.41) is 20.2. The van der Waals surface area contributed by atoms with Gasteiger partial charge in [0.15, 0.2) is 0 Å². The summed E-state index contributed by atoms with van der Waals surface area (Å²) in [6.07, 6.45) is 4.07. The quantitative estimate of drug-likeness (QED) is 0.427. The fourth-order valence-corrected chi connectivity index (χ4v) is 5.34. The molecular formula is C27H31ClN2O5. The van der Waals surface area contributed by atoms with Crippen LogP contribution in [-0.2, 0) is 11.2 Å². The number of carbonyl (C=O) groups is 1. The number of aromatic amines is 1. The number of aromatic nitrogens is 1. The first kappa shape index (κ1) is 24.0. The molecular weight excluding hydrogens is 468 g/mol. The molecule has 1 amide bonds. The van der Waals surface area contributed by atoms with Gasteiger partial charge in [0.1, 0.15) is 17.9 Å². The number of carbonyl (C=O) groups excluding carboxylic acids is 1. The highest BCUT2D eigenvalue weighted by Gasteiger charge is 2.36. The number of fused-ring (bicyclic) bond motifs is 3. The number of benzene rings is 2. The zero-order valence-corrected chi connectivity index (χ0v) is 20.3. The number of nitrogens with zero attached hydrogens (tertiary/aromatic N) is 1. The molecule has 186 valence electrons. The predicted molar refractivity (Wildman–Crippen MR) is 134 cm³/mol. The van der Waals surface area contributed by atoms with Gasteiger partial charge in [0.25, 0.3) is 0 Å². The number of nitrogens with one attached hydrogen (secondary N) is 1. The van der Waals surface area contributed by atoms with E-state index >= 15 is 0 Å². The van der Waals surface area contributed by atoms with Crippen molar-refractivity contribution < 1.29 is 24.5 Å². The molecule has 1 aliphatic carbocycles. The van der Waals surface area contributed by atoms with Crippen LogP contribution in [0.1, 0.15) is 55.0 Å². The summed E-state index contributed by atoms with van der Waals surface area (Å²) in [6, 6.07) is 13.2. The van der Waals surface area contributed by atoms with Crippen LogP contribution in [0.3, 0.4) is 0 Å². The van der Waals surface area contributed by atoms with Crippen LogP contribution in [0.4, 0.5) is 4.79 Å². The fourth-order valence-electron chi connectivity index (χ4n) is 5.17. The summed E-state index contributed by atoms with van der Waals surface area (Å²) in [7, 11) is 0. The number of rotatable bonds is 7. The van der Waals surface area contributed by atoms with E-state index in [0.29, 0.717) is 30.3 Å². The summed E-state index contributed by atoms with van der Waals surface area (Å²) in [5.74, 6) is 0.665. The van der Waals surface area contributed by atoms with Crippen molar-refractivity contribution in [3.8, 4) is 5.75 Å². The number of aliphatic hydroxyl groups excluding tert-OH is 2. The van der Waals surface area contributed by atoms with Crippen molar-refractivity contribution >= 4 is 28.6 Å². The highest BCUT2D eigenvalue weighted by Crippen LogP contribution is 2.40. The van der Waals surface area contributed by atoms with Gasteiger partial charge < -0.3 is 24.7 Å². The summed E-state index contributed by atoms with van der Waals surface area (Å²) < 4.78 is 11.6. The molecule has 0 saturated heterocycles. The van der Waals surface area contributed by atoms with Gasteiger partial charge in [-0.05, 0) is 73.6 Å². The Labute approximate surface area is 209 Å². The van der Waals surface area contributed by atoms with Crippen LogP contribution in [0.2, 0.25) is 5.02 Å². The zero-order valence-electron chi connectivity index (χ0n) is 19.6. The number of halogens is 1. The van der Waals surface area contributed by atoms with E-state index < -0.39 is 6.10 Å². The maximum atomic E-state index is 13.3. The van der Waals surface area contributed by atoms with E-state index in [0.717, 1.165) is 54.3 Å². The van der Waals surface area contributed by atoms with Gasteiger partial charge in [-0.2, -0.15) is 0 Å². The number of H-pyrrole nitrogens is 1. The van der Waals surface area contributed by atoms with Gasteiger partial charge >= 0.3 is 6.09 Å². The van der Waals surface area contributed by atoms with Crippen molar-refractivity contribution in [3.05, 3.63) is 64.3 Å². The van der Waals surface area contributed by atoms with Gasteiger partial charge in [-0.25, -0.2) is 4.79 Å². The Hall–Kier alpha value is -2.74. The normalized spacial score (nSPS) is 19.1. The Morgan fingerprint density at radius 1 is 1.17 bits per heavy atom. The zero-order chi connectivity index (χ0) is 24.4. The van der Waals surface area contributed by atoms with Gasteiger partial charge in [-0.1, -0.05) is 23.7 Å². The second-order valence-corrected chi connectivity index (χ2v) is 9.82. The number of hydrogen-bond donors (Lipinski definition) is 3. The van der Waals surface area contributed by atoms with E-state index in [-0.39, 0.29) is 24.8 Å². The predicted octanol–water partition coefficient (Wildman–Crippen LogP) is 4.97. The average molecular weight is 499 g/mol. The van der Waals surface area contributed by atoms with Crippen LogP contribution < -0.4 is 4.74 Å². The molecule has 5 rings (SSSR count). The van der Waals surface area contributed by atoms with E-state index in [4.69, 9.17) is 26.2 Å². The van der Waals surface area contributed by atoms with Crippen molar-refractivity contribution in [2.75, 3.05) is 19.8 Å². The molecule has 2 aliphatic rings. The lowest BCUT2D eigenvalue weighted by Crippen LogP contribution is -2.42. The van der Waals surface area contributed by atoms with Crippen molar-refractivity contribution in [1.82, 2.24) is 9.88 Å². The van der Waals surface area contributed by atoms with Crippen molar-refractivity contribution in [3.63, 3.8) is 0 Å². The fraction of sp³-hybridized carbons (Fsp3) is 0.444. The van der Waals surface area contributed by atoms with Gasteiger partial charge in [-0.3, -0.25) is 4.90 Å². The summed E-state index contributed by atoms with van der Waals surface area (Å²) >= 11 is 6.29. The Morgan fingerprint density at radius 3 is 2.69 bits per heavy atom. The Bertz CT molecular complexity index is 1170. The SMILES string of the molecule is O=C(OC1CCCC1)N1CCc2c([nH]c3ccc(Cl)cc23)[C@@H]1c1ccc(OCC[C@H](O)CO)cc1. The van der Waals surface area contributed by atoms with Crippen molar-refractivity contribution in [2.24, 2.45) is 0 Å². The van der Waals surface area contributed by atoms with Crippen LogP contribution in [0.5, 0.6) is 5.75 Å². The van der Waals surface area contributed by atoms with Crippen molar-refractivity contribution in [2.45, 2.75) is 56.8 Å². The highest BCUT2D eigenvalue weighted by molar-refractivity contribution is 6.31. The van der Waals surface area contributed by atoms with E-state index in [1.165, 1.54) is 5.56 Å². The molecule has 2 heterocycles. The smallest absolute Gasteiger partial charge is 0.410 e. The van der Waals surface area contributed by atoms with E-state index in [9.17, 15) is 9.90 Å². The standard InChI is InChI=1S/C27H31ClN2O5/c28-18-7-10-24-23(15-18)22-11-13-30(27(33)35-21-3-1-2-4-21)26(25(22)29-24)17-5-8-20(9-6-17)34-14-12-19(32)16-31/h5-10,15,19,21,26,29,31-32H,1-4,11-14,16H2/t19-,26-/m0/s1. The molecule has 1 saturated carbocycles. The van der Waals surface area contributed by atoms with E-state index in [2.05, 4.69) is 4.98 Å². The van der Waals surface area contributed by atoms with Gasteiger partial charge in [0.2, 0.25) is 0 Å². The lowest BCUT2D eigenvalue weighted by Gasteiger charge is -2.36. The lowest BCUT2D eigenvalue weighted by atomic mass is 9.92. The molecule has 3 aromatic rings. The maximum absolute atomic E-state index is 13.3. The third-order valence-electron chi connectivity index (χ3n) is 7.02. The topological polar surface area (TPSA) is 95.0 Å². The minimum Gasteiger partial charge on any atom is -0.493 e. The summed E-state index contributed by atoms with van der Waals surface area (Å²) in [5.41, 5.74) is 4.11. The van der Waals surface area contributed by atoms with Gasteiger partial charge in [0.05, 0.1) is 19.3 Å². The molecule has 0 bridgehead atoms. The van der Waals surface area contributed by atoms with Gasteiger partial charge in [-0.15, -0.1) is 0 Å². The van der Waals surface area contributed by atoms with Gasteiger partial charge in [0, 0.05) is 34.6 Å². The Balaban J connectivity index is 1.44. The monoisotopic (exact) mass is 498 g/mol. The molecule has 8 heteroatoms. The third-order valence-corrected chi connectivity index (χ3v) is 7.25. The first-order valence-corrected chi connectivity index (χ1v) is 12.7.